The Balaban J connectivity index is 1.79. The normalized spacial score (nSPS) is 13.3. The van der Waals surface area contributed by atoms with Gasteiger partial charge in [0.1, 0.15) is 11.9 Å². The predicted molar refractivity (Wildman–Crippen MR) is 147 cm³/mol. The van der Waals surface area contributed by atoms with E-state index in [4.69, 9.17) is 11.6 Å². The second-order valence-electron chi connectivity index (χ2n) is 9.08. The number of carbonyl (C=O) groups excluding carboxylic acids is 3. The summed E-state index contributed by atoms with van der Waals surface area (Å²) in [5.74, 6) is -2.10. The Morgan fingerprint density at radius 2 is 1.79 bits per heavy atom. The summed E-state index contributed by atoms with van der Waals surface area (Å²) in [5.41, 5.74) is 4.91. The van der Waals surface area contributed by atoms with Crippen LogP contribution in [-0.4, -0.2) is 51.6 Å². The third-order valence-corrected chi connectivity index (χ3v) is 7.19. The van der Waals surface area contributed by atoms with Gasteiger partial charge in [-0.15, -0.1) is 11.3 Å². The summed E-state index contributed by atoms with van der Waals surface area (Å²) in [4.78, 5) is 44.7. The van der Waals surface area contributed by atoms with Crippen molar-refractivity contribution in [3.8, 4) is 0 Å². The van der Waals surface area contributed by atoms with E-state index in [9.17, 15) is 24.0 Å². The molecule has 0 radical (unpaired) electrons. The smallest absolute Gasteiger partial charge is 0.266 e. The minimum atomic E-state index is -1.05. The fourth-order valence-electron chi connectivity index (χ4n) is 3.88. The number of benzene rings is 2. The molecule has 0 spiro atoms. The van der Waals surface area contributed by atoms with Gasteiger partial charge in [-0.3, -0.25) is 24.9 Å². The third kappa shape index (κ3) is 8.82. The van der Waals surface area contributed by atoms with E-state index in [1.165, 1.54) is 28.4 Å². The van der Waals surface area contributed by atoms with Crippen molar-refractivity contribution < 1.29 is 24.0 Å². The molecule has 0 bridgehead atoms. The van der Waals surface area contributed by atoms with Gasteiger partial charge < -0.3 is 10.2 Å². The lowest BCUT2D eigenvalue weighted by atomic mass is 9.97. The first-order chi connectivity index (χ1) is 18.7. The van der Waals surface area contributed by atoms with Crippen LogP contribution in [0.4, 0.5) is 4.39 Å². The number of nitrogens with zero attached hydrogens (tertiary/aromatic N) is 2. The highest BCUT2D eigenvalue weighted by molar-refractivity contribution is 7.07. The van der Waals surface area contributed by atoms with Crippen LogP contribution in [0.3, 0.4) is 0 Å². The molecule has 9 nitrogen and oxygen atoms in total. The number of hydroxylamine groups is 1. The number of halogens is 2. The molecular weight excluding hydrogens is 545 g/mol. The van der Waals surface area contributed by atoms with Crippen LogP contribution in [-0.2, 0) is 22.6 Å². The van der Waals surface area contributed by atoms with Gasteiger partial charge in [-0.25, -0.2) is 14.9 Å². The summed E-state index contributed by atoms with van der Waals surface area (Å²) in [7, 11) is 0. The van der Waals surface area contributed by atoms with Gasteiger partial charge in [-0.2, -0.15) is 0 Å². The van der Waals surface area contributed by atoms with Gasteiger partial charge >= 0.3 is 0 Å². The van der Waals surface area contributed by atoms with Gasteiger partial charge in [-0.05, 0) is 47.9 Å². The number of carbonyl (C=O) groups is 3. The first-order valence-corrected chi connectivity index (χ1v) is 13.7. The van der Waals surface area contributed by atoms with Gasteiger partial charge in [0, 0.05) is 28.9 Å². The lowest BCUT2D eigenvalue weighted by Crippen LogP contribution is -2.56. The van der Waals surface area contributed by atoms with E-state index in [-0.39, 0.29) is 37.3 Å². The van der Waals surface area contributed by atoms with Crippen molar-refractivity contribution in [2.75, 3.05) is 6.67 Å². The maximum atomic E-state index is 13.5. The quantitative estimate of drug-likeness (QED) is 0.140. The predicted octanol–water partition coefficient (Wildman–Crippen LogP) is 3.77. The minimum Gasteiger partial charge on any atom is -0.342 e. The van der Waals surface area contributed by atoms with Crippen LogP contribution >= 0.6 is 22.9 Å². The Hall–Kier alpha value is -3.38. The molecular formula is C27H31ClFN5O4S. The van der Waals surface area contributed by atoms with Crippen LogP contribution in [0, 0.1) is 11.7 Å². The molecule has 2 aromatic carbocycles. The fourth-order valence-corrected chi connectivity index (χ4v) is 4.57. The van der Waals surface area contributed by atoms with Crippen molar-refractivity contribution >= 4 is 40.7 Å². The van der Waals surface area contributed by atoms with E-state index < -0.39 is 23.9 Å². The first-order valence-electron chi connectivity index (χ1n) is 12.4. The van der Waals surface area contributed by atoms with Crippen LogP contribution in [0.2, 0.25) is 5.02 Å². The van der Waals surface area contributed by atoms with E-state index >= 15 is 0 Å². The van der Waals surface area contributed by atoms with E-state index in [2.05, 4.69) is 15.6 Å². The fraction of sp³-hybridized carbons (Fsp3) is 0.333. The molecule has 0 aliphatic carbocycles. The molecule has 0 fully saturated rings. The zero-order valence-corrected chi connectivity index (χ0v) is 23.1. The van der Waals surface area contributed by atoms with Crippen LogP contribution in [0.5, 0.6) is 0 Å². The number of aromatic nitrogens is 1. The van der Waals surface area contributed by atoms with Crippen molar-refractivity contribution in [1.29, 1.82) is 0 Å². The number of nitrogens with one attached hydrogen (secondary N) is 3. The molecule has 3 aromatic rings. The third-order valence-electron chi connectivity index (χ3n) is 6.30. The zero-order chi connectivity index (χ0) is 28.4. The number of rotatable bonds is 13. The summed E-state index contributed by atoms with van der Waals surface area (Å²) < 4.78 is 13.5. The van der Waals surface area contributed by atoms with Gasteiger partial charge in [0.25, 0.3) is 11.8 Å². The van der Waals surface area contributed by atoms with Crippen LogP contribution in [0.1, 0.15) is 41.9 Å². The average molecular weight is 576 g/mol. The number of hydrogen-bond acceptors (Lipinski definition) is 7. The summed E-state index contributed by atoms with van der Waals surface area (Å²) in [6, 6.07) is 10.4. The Kier molecular flexibility index (Phi) is 11.4. The number of hydrogen-bond donors (Lipinski definition) is 4. The minimum absolute atomic E-state index is 0.00971. The highest BCUT2D eigenvalue weighted by Crippen LogP contribution is 2.16. The molecule has 0 aliphatic rings. The zero-order valence-electron chi connectivity index (χ0n) is 21.6. The molecule has 208 valence electrons. The lowest BCUT2D eigenvalue weighted by Gasteiger charge is -2.30. The summed E-state index contributed by atoms with van der Waals surface area (Å²) >= 11 is 7.34. The van der Waals surface area contributed by atoms with Crippen molar-refractivity contribution in [3.63, 3.8) is 0 Å². The van der Waals surface area contributed by atoms with Crippen molar-refractivity contribution in [2.45, 2.75) is 45.3 Å². The van der Waals surface area contributed by atoms with Crippen LogP contribution in [0.15, 0.2) is 59.4 Å². The maximum absolute atomic E-state index is 13.5. The molecule has 39 heavy (non-hydrogen) atoms. The Bertz CT molecular complexity index is 1230. The van der Waals surface area contributed by atoms with Crippen LogP contribution in [0.25, 0.3) is 0 Å². The van der Waals surface area contributed by atoms with Gasteiger partial charge in [0.15, 0.2) is 0 Å². The first kappa shape index (κ1) is 30.2. The van der Waals surface area contributed by atoms with E-state index in [1.807, 2.05) is 13.8 Å². The molecule has 3 amide bonds. The SMILES string of the molecule is CC[C@@H](C)[C@@H](NCN(Cc1ccc(F)cc1)C(=O)c1ccc(Cl)cc1)C(=O)N[C@H](Cc1cscn1)C(=O)NO. The lowest BCUT2D eigenvalue weighted by molar-refractivity contribution is -0.135. The molecule has 0 aliphatic heterocycles. The van der Waals surface area contributed by atoms with Gasteiger partial charge in [0.05, 0.1) is 23.9 Å². The molecule has 4 N–H and O–H groups in total. The van der Waals surface area contributed by atoms with E-state index in [0.29, 0.717) is 28.3 Å². The van der Waals surface area contributed by atoms with E-state index in [1.54, 1.807) is 52.8 Å². The summed E-state index contributed by atoms with van der Waals surface area (Å²) in [6.45, 7) is 3.95. The topological polar surface area (TPSA) is 124 Å². The van der Waals surface area contributed by atoms with Gasteiger partial charge in [-0.1, -0.05) is 44.0 Å². The number of amides is 3. The maximum Gasteiger partial charge on any atom is 0.266 e. The Labute approximate surface area is 235 Å². The summed E-state index contributed by atoms with van der Waals surface area (Å²) in [5, 5.41) is 17.3. The molecule has 3 atom stereocenters. The molecule has 1 aromatic heterocycles. The second kappa shape index (κ2) is 14.7. The molecule has 0 saturated heterocycles. The highest BCUT2D eigenvalue weighted by Gasteiger charge is 2.30. The molecule has 12 heteroatoms. The van der Waals surface area contributed by atoms with E-state index in [0.717, 1.165) is 0 Å². The highest BCUT2D eigenvalue weighted by atomic mass is 35.5. The van der Waals surface area contributed by atoms with Crippen molar-refractivity contribution in [2.24, 2.45) is 5.92 Å². The molecule has 3 rings (SSSR count). The van der Waals surface area contributed by atoms with Gasteiger partial charge in [0.2, 0.25) is 5.91 Å². The monoisotopic (exact) mass is 575 g/mol. The largest absolute Gasteiger partial charge is 0.342 e. The number of thiazole rings is 1. The van der Waals surface area contributed by atoms with Crippen molar-refractivity contribution in [3.05, 3.63) is 87.1 Å². The Morgan fingerprint density at radius 3 is 2.38 bits per heavy atom. The second-order valence-corrected chi connectivity index (χ2v) is 10.2. The standard InChI is InChI=1S/C27H31ClFN5O4S/c1-3-17(2)24(26(36)32-23(25(35)33-38)12-22-14-39-16-31-22)30-15-34(13-18-4-10-21(29)11-5-18)27(37)19-6-8-20(28)9-7-19/h4-11,14,16-17,23-24,30,38H,3,12-13,15H2,1-2H3,(H,32,36)(H,33,35)/t17-,23-,24-/m1/s1. The average Bonchev–Trinajstić information content (AvgIpc) is 3.45. The van der Waals surface area contributed by atoms with Crippen LogP contribution < -0.4 is 16.1 Å². The molecule has 0 saturated carbocycles. The molecule has 1 heterocycles. The van der Waals surface area contributed by atoms with Crippen molar-refractivity contribution in [1.82, 2.24) is 26.0 Å². The summed E-state index contributed by atoms with van der Waals surface area (Å²) in [6.07, 6.45) is 0.734. The molecule has 0 unspecified atom stereocenters. The Morgan fingerprint density at radius 1 is 1.10 bits per heavy atom.